The number of benzene rings is 1. The van der Waals surface area contributed by atoms with Gasteiger partial charge in [0.2, 0.25) is 0 Å². The minimum Gasteiger partial charge on any atom is -0.0955 e. The van der Waals surface area contributed by atoms with Crippen molar-refractivity contribution in [2.24, 2.45) is 0 Å². The molecule has 1 aliphatic carbocycles. The van der Waals surface area contributed by atoms with E-state index in [0.717, 1.165) is 17.9 Å². The van der Waals surface area contributed by atoms with Crippen molar-refractivity contribution in [3.8, 4) is 0 Å². The van der Waals surface area contributed by atoms with Gasteiger partial charge in [0.15, 0.2) is 0 Å². The number of allylic oxidation sites excluding steroid dienone is 7. The van der Waals surface area contributed by atoms with Crippen molar-refractivity contribution in [3.05, 3.63) is 76.4 Å². The summed E-state index contributed by atoms with van der Waals surface area (Å²) in [5.74, 6) is 0.757. The van der Waals surface area contributed by atoms with Gasteiger partial charge < -0.3 is 0 Å². The van der Waals surface area contributed by atoms with Gasteiger partial charge in [0, 0.05) is 0 Å². The average molecular weight is 306 g/mol. The quantitative estimate of drug-likeness (QED) is 0.490. The smallest absolute Gasteiger partial charge is 0.0149 e. The minimum absolute atomic E-state index is 0.757. The van der Waals surface area contributed by atoms with Crippen LogP contribution in [0.2, 0.25) is 0 Å². The highest BCUT2D eigenvalue weighted by Crippen LogP contribution is 2.44. The molecule has 1 fully saturated rings. The molecule has 0 aromatic heterocycles. The topological polar surface area (TPSA) is 0 Å². The van der Waals surface area contributed by atoms with E-state index in [-0.39, 0.29) is 0 Å². The fourth-order valence-electron chi connectivity index (χ4n) is 2.86. The van der Waals surface area contributed by atoms with Crippen LogP contribution in [0.5, 0.6) is 0 Å². The first-order chi connectivity index (χ1) is 10.9. The summed E-state index contributed by atoms with van der Waals surface area (Å²) in [7, 11) is 0. The molecule has 0 heterocycles. The molecule has 0 nitrogen and oxygen atoms in total. The Morgan fingerprint density at radius 3 is 2.43 bits per heavy atom. The van der Waals surface area contributed by atoms with E-state index in [9.17, 15) is 0 Å². The van der Waals surface area contributed by atoms with Crippen LogP contribution in [-0.4, -0.2) is 0 Å². The molecular weight excluding hydrogens is 276 g/mol. The van der Waals surface area contributed by atoms with Crippen LogP contribution < -0.4 is 0 Å². The Morgan fingerprint density at radius 1 is 1.22 bits per heavy atom. The molecule has 0 aliphatic heterocycles. The second kappa shape index (κ2) is 7.64. The Hall–Kier alpha value is -1.82. The number of rotatable bonds is 6. The second-order valence-corrected chi connectivity index (χ2v) is 6.97. The van der Waals surface area contributed by atoms with Crippen molar-refractivity contribution in [1.29, 1.82) is 0 Å². The predicted octanol–water partition coefficient (Wildman–Crippen LogP) is 7.13. The molecule has 122 valence electrons. The van der Waals surface area contributed by atoms with Gasteiger partial charge in [0.1, 0.15) is 0 Å². The summed E-state index contributed by atoms with van der Waals surface area (Å²) < 4.78 is 0. The molecule has 23 heavy (non-hydrogen) atoms. The molecule has 1 aromatic rings. The van der Waals surface area contributed by atoms with Gasteiger partial charge in [-0.15, -0.1) is 0 Å². The summed E-state index contributed by atoms with van der Waals surface area (Å²) >= 11 is 0. The molecule has 0 heteroatoms. The maximum absolute atomic E-state index is 4.16. The molecule has 1 saturated carbocycles. The van der Waals surface area contributed by atoms with Gasteiger partial charge in [-0.25, -0.2) is 0 Å². The number of hydrogen-bond donors (Lipinski definition) is 0. The third kappa shape index (κ3) is 4.58. The fourth-order valence-corrected chi connectivity index (χ4v) is 2.86. The Kier molecular flexibility index (Phi) is 5.82. The van der Waals surface area contributed by atoms with Crippen LogP contribution in [0.25, 0.3) is 5.57 Å². The molecule has 1 aliphatic rings. The predicted molar refractivity (Wildman–Crippen MR) is 104 cm³/mol. The first kappa shape index (κ1) is 17.5. The van der Waals surface area contributed by atoms with Crippen LogP contribution in [-0.2, 0) is 0 Å². The molecule has 1 aromatic carbocycles. The highest BCUT2D eigenvalue weighted by atomic mass is 14.3. The maximum atomic E-state index is 4.16. The van der Waals surface area contributed by atoms with Gasteiger partial charge >= 0.3 is 0 Å². The zero-order valence-corrected chi connectivity index (χ0v) is 15.4. The van der Waals surface area contributed by atoms with Crippen LogP contribution in [0.15, 0.2) is 59.7 Å². The SMILES string of the molecule is C=C(C)C(/C=C\CC)=C\C(=C(C)C)c1ccc(C)cc1C1CC1. The summed E-state index contributed by atoms with van der Waals surface area (Å²) in [5.41, 5.74) is 9.35. The summed E-state index contributed by atoms with van der Waals surface area (Å²) in [5, 5.41) is 0. The van der Waals surface area contributed by atoms with E-state index in [1.165, 1.54) is 46.3 Å². The van der Waals surface area contributed by atoms with Crippen LogP contribution in [0.4, 0.5) is 0 Å². The summed E-state index contributed by atoms with van der Waals surface area (Å²) in [4.78, 5) is 0. The van der Waals surface area contributed by atoms with Crippen LogP contribution in [0.3, 0.4) is 0 Å². The number of hydrogen-bond acceptors (Lipinski definition) is 0. The maximum Gasteiger partial charge on any atom is -0.0149 e. The average Bonchev–Trinajstić information content (AvgIpc) is 3.32. The van der Waals surface area contributed by atoms with Crippen molar-refractivity contribution >= 4 is 5.57 Å². The van der Waals surface area contributed by atoms with Gasteiger partial charge in [0.25, 0.3) is 0 Å². The third-order valence-electron chi connectivity index (χ3n) is 4.38. The largest absolute Gasteiger partial charge is 0.0955 e. The monoisotopic (exact) mass is 306 g/mol. The summed E-state index contributed by atoms with van der Waals surface area (Å²) in [6.07, 6.45) is 10.4. The van der Waals surface area contributed by atoms with E-state index in [1.807, 2.05) is 0 Å². The van der Waals surface area contributed by atoms with Gasteiger partial charge in [-0.1, -0.05) is 60.6 Å². The zero-order valence-electron chi connectivity index (χ0n) is 15.4. The molecule has 0 unspecified atom stereocenters. The second-order valence-electron chi connectivity index (χ2n) is 6.97. The Labute approximate surface area is 142 Å². The Bertz CT molecular complexity index is 672. The standard InChI is InChI=1S/C23H30/c1-7-8-9-20(16(2)3)15-22(17(4)5)21-13-10-18(6)14-23(21)19-11-12-19/h8-10,13-15,19H,2,7,11-12H2,1,3-6H3/b9-8-,20-15-. The molecular formula is C23H30. The van der Waals surface area contributed by atoms with E-state index < -0.39 is 0 Å². The van der Waals surface area contributed by atoms with E-state index in [1.54, 1.807) is 0 Å². The van der Waals surface area contributed by atoms with Gasteiger partial charge in [-0.2, -0.15) is 0 Å². The molecule has 0 atom stereocenters. The molecule has 0 amide bonds. The first-order valence-corrected chi connectivity index (χ1v) is 8.76. The van der Waals surface area contributed by atoms with Gasteiger partial charge in [-0.3, -0.25) is 0 Å². The van der Waals surface area contributed by atoms with Gasteiger partial charge in [-0.05, 0) is 81.2 Å². The molecule has 0 bridgehead atoms. The molecule has 0 radical (unpaired) electrons. The minimum atomic E-state index is 0.757. The fraction of sp³-hybridized carbons (Fsp3) is 0.391. The van der Waals surface area contributed by atoms with E-state index in [2.05, 4.69) is 77.6 Å². The lowest BCUT2D eigenvalue weighted by Gasteiger charge is -2.15. The lowest BCUT2D eigenvalue weighted by molar-refractivity contribution is 1.11. The van der Waals surface area contributed by atoms with Crippen molar-refractivity contribution < 1.29 is 0 Å². The van der Waals surface area contributed by atoms with Gasteiger partial charge in [0.05, 0.1) is 0 Å². The van der Waals surface area contributed by atoms with Crippen LogP contribution >= 0.6 is 0 Å². The van der Waals surface area contributed by atoms with Crippen LogP contribution in [0, 0.1) is 6.92 Å². The zero-order chi connectivity index (χ0) is 17.0. The Morgan fingerprint density at radius 2 is 1.91 bits per heavy atom. The summed E-state index contributed by atoms with van der Waals surface area (Å²) in [6.45, 7) is 15.0. The molecule has 0 N–H and O–H groups in total. The van der Waals surface area contributed by atoms with E-state index in [4.69, 9.17) is 0 Å². The third-order valence-corrected chi connectivity index (χ3v) is 4.38. The van der Waals surface area contributed by atoms with E-state index in [0.29, 0.717) is 0 Å². The molecule has 0 saturated heterocycles. The summed E-state index contributed by atoms with van der Waals surface area (Å²) in [6, 6.07) is 6.92. The Balaban J connectivity index is 2.54. The van der Waals surface area contributed by atoms with E-state index >= 15 is 0 Å². The molecule has 2 rings (SSSR count). The molecule has 0 spiro atoms. The number of aryl methyl sites for hydroxylation is 1. The normalized spacial score (nSPS) is 15.1. The van der Waals surface area contributed by atoms with Crippen molar-refractivity contribution in [1.82, 2.24) is 0 Å². The van der Waals surface area contributed by atoms with Crippen molar-refractivity contribution in [2.45, 2.75) is 59.8 Å². The highest BCUT2D eigenvalue weighted by Gasteiger charge is 2.26. The lowest BCUT2D eigenvalue weighted by Crippen LogP contribution is -1.95. The highest BCUT2D eigenvalue weighted by molar-refractivity contribution is 5.80. The lowest BCUT2D eigenvalue weighted by atomic mass is 9.90. The van der Waals surface area contributed by atoms with Crippen molar-refractivity contribution in [3.63, 3.8) is 0 Å². The van der Waals surface area contributed by atoms with Crippen LogP contribution in [0.1, 0.15) is 69.6 Å². The first-order valence-electron chi connectivity index (χ1n) is 8.76. The van der Waals surface area contributed by atoms with Crippen molar-refractivity contribution in [2.75, 3.05) is 0 Å².